The smallest absolute Gasteiger partial charge is 0.320 e. The highest BCUT2D eigenvalue weighted by atomic mass is 19.1. The number of halogens is 1. The molecule has 1 fully saturated rings. The van der Waals surface area contributed by atoms with E-state index in [-0.39, 0.29) is 23.8 Å². The van der Waals surface area contributed by atoms with E-state index < -0.39 is 0 Å². The van der Waals surface area contributed by atoms with Crippen molar-refractivity contribution >= 4 is 11.8 Å². The minimum absolute atomic E-state index is 0.0892. The lowest BCUT2D eigenvalue weighted by atomic mass is 10.1. The molecule has 1 saturated carbocycles. The van der Waals surface area contributed by atoms with Gasteiger partial charge in [0, 0.05) is 30.8 Å². The van der Waals surface area contributed by atoms with Crippen molar-refractivity contribution in [1.82, 2.24) is 20.0 Å². The third kappa shape index (κ3) is 4.32. The molecule has 128 valence electrons. The summed E-state index contributed by atoms with van der Waals surface area (Å²) < 4.78 is 14.7. The molecule has 0 aliphatic heterocycles. The summed E-state index contributed by atoms with van der Waals surface area (Å²) in [5, 5.41) is 9.98. The number of nitrogens with zero attached hydrogens (tertiary/aromatic N) is 3. The van der Waals surface area contributed by atoms with Crippen molar-refractivity contribution in [2.24, 2.45) is 0 Å². The van der Waals surface area contributed by atoms with E-state index in [0.717, 1.165) is 25.1 Å². The van der Waals surface area contributed by atoms with Crippen molar-refractivity contribution in [3.63, 3.8) is 0 Å². The summed E-state index contributed by atoms with van der Waals surface area (Å²) in [6, 6.07) is 8.04. The van der Waals surface area contributed by atoms with Gasteiger partial charge in [0.1, 0.15) is 5.82 Å². The van der Waals surface area contributed by atoms with Crippen molar-refractivity contribution in [3.05, 3.63) is 47.9 Å². The predicted molar refractivity (Wildman–Crippen MR) is 90.5 cm³/mol. The van der Waals surface area contributed by atoms with E-state index in [0.29, 0.717) is 5.82 Å². The number of carbonyl (C=O) groups excluding carboxylic acids is 1. The zero-order valence-corrected chi connectivity index (χ0v) is 13.9. The van der Waals surface area contributed by atoms with E-state index in [9.17, 15) is 9.18 Å². The molecule has 0 spiro atoms. The monoisotopic (exact) mass is 331 g/mol. The van der Waals surface area contributed by atoms with Gasteiger partial charge in [-0.15, -0.1) is 0 Å². The molecule has 1 aromatic heterocycles. The summed E-state index contributed by atoms with van der Waals surface area (Å²) >= 11 is 0. The average Bonchev–Trinajstić information content (AvgIpc) is 3.14. The zero-order chi connectivity index (χ0) is 17.1. The van der Waals surface area contributed by atoms with Gasteiger partial charge >= 0.3 is 6.03 Å². The quantitative estimate of drug-likeness (QED) is 0.853. The van der Waals surface area contributed by atoms with Crippen LogP contribution in [0.4, 0.5) is 15.0 Å². The minimum atomic E-state index is -0.262. The van der Waals surface area contributed by atoms with Crippen LogP contribution in [0.2, 0.25) is 0 Å². The highest BCUT2D eigenvalue weighted by Gasteiger charge is 2.39. The fraction of sp³-hybridized carbons (Fsp3) is 0.412. The Hall–Kier alpha value is -2.41. The fourth-order valence-electron chi connectivity index (χ4n) is 2.61. The topological polar surface area (TPSA) is 62.2 Å². The van der Waals surface area contributed by atoms with Gasteiger partial charge in [0.25, 0.3) is 0 Å². The van der Waals surface area contributed by atoms with E-state index in [1.807, 2.05) is 20.3 Å². The van der Waals surface area contributed by atoms with Crippen LogP contribution in [0.25, 0.3) is 0 Å². The standard InChI is InChI=1S/C17H22FN5O/c1-22(2)9-10-23-8-7-16(21-23)20-17(24)19-15-11-14(15)12-3-5-13(18)6-4-12/h3-8,14-15H,9-11H2,1-2H3,(H2,19,20,21,24)/t14-,15+/m0/s1. The van der Waals surface area contributed by atoms with E-state index in [1.54, 1.807) is 22.9 Å². The van der Waals surface area contributed by atoms with Crippen LogP contribution in [-0.2, 0) is 6.54 Å². The molecule has 3 rings (SSSR count). The Bertz CT molecular complexity index is 697. The lowest BCUT2D eigenvalue weighted by Crippen LogP contribution is -2.31. The second-order valence-electron chi connectivity index (χ2n) is 6.37. The van der Waals surface area contributed by atoms with Gasteiger partial charge in [0.2, 0.25) is 0 Å². The number of urea groups is 1. The zero-order valence-electron chi connectivity index (χ0n) is 13.9. The van der Waals surface area contributed by atoms with Gasteiger partial charge in [-0.2, -0.15) is 5.10 Å². The van der Waals surface area contributed by atoms with E-state index in [1.165, 1.54) is 12.1 Å². The summed E-state index contributed by atoms with van der Waals surface area (Å²) in [5.41, 5.74) is 1.05. The van der Waals surface area contributed by atoms with Gasteiger partial charge in [-0.3, -0.25) is 10.00 Å². The van der Waals surface area contributed by atoms with Crippen LogP contribution in [0.15, 0.2) is 36.5 Å². The number of rotatable bonds is 6. The molecule has 2 amide bonds. The van der Waals surface area contributed by atoms with Crippen LogP contribution in [0.5, 0.6) is 0 Å². The summed E-state index contributed by atoms with van der Waals surface area (Å²) in [6.45, 7) is 1.65. The summed E-state index contributed by atoms with van der Waals surface area (Å²) in [6.07, 6.45) is 2.72. The number of benzene rings is 1. The first-order chi connectivity index (χ1) is 11.5. The molecular weight excluding hydrogens is 309 g/mol. The molecule has 0 saturated heterocycles. The van der Waals surface area contributed by atoms with Gasteiger partial charge in [-0.25, -0.2) is 9.18 Å². The SMILES string of the molecule is CN(C)CCn1ccc(NC(=O)N[C@@H]2C[C@H]2c2ccc(F)cc2)n1. The molecule has 24 heavy (non-hydrogen) atoms. The normalized spacial score (nSPS) is 19.3. The van der Waals surface area contributed by atoms with E-state index >= 15 is 0 Å². The molecular formula is C17H22FN5O. The third-order valence-electron chi connectivity index (χ3n) is 4.06. The van der Waals surface area contributed by atoms with E-state index in [4.69, 9.17) is 0 Å². The van der Waals surface area contributed by atoms with Gasteiger partial charge in [-0.1, -0.05) is 12.1 Å². The Balaban J connectivity index is 1.46. The van der Waals surface area contributed by atoms with Crippen LogP contribution >= 0.6 is 0 Å². The molecule has 1 heterocycles. The average molecular weight is 331 g/mol. The Kier molecular flexibility index (Phi) is 4.80. The van der Waals surface area contributed by atoms with Crippen LogP contribution in [0.3, 0.4) is 0 Å². The molecule has 0 unspecified atom stereocenters. The molecule has 7 heteroatoms. The predicted octanol–water partition coefficient (Wildman–Crippen LogP) is 2.26. The molecule has 2 atom stereocenters. The first-order valence-electron chi connectivity index (χ1n) is 8.02. The van der Waals surface area contributed by atoms with Gasteiger partial charge < -0.3 is 10.2 Å². The number of aromatic nitrogens is 2. The van der Waals surface area contributed by atoms with Gasteiger partial charge in [0.15, 0.2) is 5.82 Å². The van der Waals surface area contributed by atoms with Gasteiger partial charge in [0.05, 0.1) is 6.54 Å². The number of likely N-dealkylation sites (N-methyl/N-ethyl adjacent to an activating group) is 1. The van der Waals surface area contributed by atoms with Crippen molar-refractivity contribution in [2.75, 3.05) is 26.0 Å². The lowest BCUT2D eigenvalue weighted by molar-refractivity contribution is 0.251. The fourth-order valence-corrected chi connectivity index (χ4v) is 2.61. The van der Waals surface area contributed by atoms with Crippen molar-refractivity contribution in [3.8, 4) is 0 Å². The minimum Gasteiger partial charge on any atom is -0.334 e. The maximum Gasteiger partial charge on any atom is 0.320 e. The Morgan fingerprint density at radius 3 is 2.79 bits per heavy atom. The molecule has 1 aliphatic carbocycles. The molecule has 1 aliphatic rings. The first-order valence-corrected chi connectivity index (χ1v) is 8.02. The molecule has 2 N–H and O–H groups in total. The van der Waals surface area contributed by atoms with Crippen molar-refractivity contribution in [2.45, 2.75) is 24.9 Å². The van der Waals surface area contributed by atoms with Gasteiger partial charge in [-0.05, 0) is 38.2 Å². The van der Waals surface area contributed by atoms with Crippen LogP contribution < -0.4 is 10.6 Å². The van der Waals surface area contributed by atoms with Crippen LogP contribution in [0.1, 0.15) is 17.9 Å². The molecule has 6 nitrogen and oxygen atoms in total. The van der Waals surface area contributed by atoms with Crippen molar-refractivity contribution in [1.29, 1.82) is 0 Å². The molecule has 2 aromatic rings. The Labute approximate surface area is 140 Å². The van der Waals surface area contributed by atoms with Crippen LogP contribution in [-0.4, -0.2) is 47.4 Å². The summed E-state index contributed by atoms with van der Waals surface area (Å²) in [4.78, 5) is 14.1. The maximum absolute atomic E-state index is 12.9. The Morgan fingerprint density at radius 2 is 2.08 bits per heavy atom. The lowest BCUT2D eigenvalue weighted by Gasteiger charge is -2.09. The molecule has 0 bridgehead atoms. The number of carbonyl (C=O) groups is 1. The van der Waals surface area contributed by atoms with E-state index in [2.05, 4.69) is 20.6 Å². The third-order valence-corrected chi connectivity index (χ3v) is 4.06. The second kappa shape index (κ2) is 7.00. The number of amides is 2. The number of hydrogen-bond donors (Lipinski definition) is 2. The van der Waals surface area contributed by atoms with Crippen LogP contribution in [0, 0.1) is 5.82 Å². The maximum atomic E-state index is 12.9. The number of hydrogen-bond acceptors (Lipinski definition) is 3. The van der Waals surface area contributed by atoms with Crippen molar-refractivity contribution < 1.29 is 9.18 Å². The highest BCUT2D eigenvalue weighted by Crippen LogP contribution is 2.40. The molecule has 1 aromatic carbocycles. The molecule has 0 radical (unpaired) electrons. The number of anilines is 1. The largest absolute Gasteiger partial charge is 0.334 e. The number of nitrogens with one attached hydrogen (secondary N) is 2. The highest BCUT2D eigenvalue weighted by molar-refractivity contribution is 5.88. The second-order valence-corrected chi connectivity index (χ2v) is 6.37. The first kappa shape index (κ1) is 16.4. The summed E-state index contributed by atoms with van der Waals surface area (Å²) in [5.74, 6) is 0.547. The summed E-state index contributed by atoms with van der Waals surface area (Å²) in [7, 11) is 4.01. The Morgan fingerprint density at radius 1 is 1.33 bits per heavy atom.